The Balaban J connectivity index is 3.06. The molecule has 0 saturated carbocycles. The van der Waals surface area contributed by atoms with Crippen LogP contribution in [0.25, 0.3) is 0 Å². The second-order valence-corrected chi connectivity index (χ2v) is 5.67. The van der Waals surface area contributed by atoms with Gasteiger partial charge in [0.1, 0.15) is 0 Å². The summed E-state index contributed by atoms with van der Waals surface area (Å²) in [5, 5.41) is 0. The molecule has 0 saturated heterocycles. The summed E-state index contributed by atoms with van der Waals surface area (Å²) in [6, 6.07) is 2.99. The highest BCUT2D eigenvalue weighted by atomic mass is 32.2. The van der Waals surface area contributed by atoms with Gasteiger partial charge in [-0.1, -0.05) is 6.07 Å². The summed E-state index contributed by atoms with van der Waals surface area (Å²) in [7, 11) is -4.01. The fraction of sp³-hybridized carbons (Fsp3) is 0.333. The zero-order valence-corrected chi connectivity index (χ0v) is 10.8. The quantitative estimate of drug-likeness (QED) is 0.866. The number of alkyl halides is 3. The van der Waals surface area contributed by atoms with Gasteiger partial charge >= 0.3 is 6.18 Å². The van der Waals surface area contributed by atoms with E-state index in [1.54, 1.807) is 0 Å². The minimum absolute atomic E-state index is 0.151. The van der Waals surface area contributed by atoms with Crippen molar-refractivity contribution in [2.45, 2.75) is 30.5 Å². The average molecular weight is 291 g/mol. The van der Waals surface area contributed by atoms with E-state index in [2.05, 4.69) is 10.6 Å². The lowest BCUT2D eigenvalue weighted by Gasteiger charge is -2.13. The molecular weight excluding hydrogens is 279 g/mol. The first-order chi connectivity index (χ1) is 8.66. The Bertz CT molecular complexity index is 588. The van der Waals surface area contributed by atoms with Gasteiger partial charge in [-0.05, 0) is 25.1 Å². The van der Waals surface area contributed by atoms with Crippen LogP contribution in [-0.2, 0) is 16.2 Å². The highest BCUT2D eigenvalue weighted by Crippen LogP contribution is 2.30. The van der Waals surface area contributed by atoms with Crippen LogP contribution in [0.1, 0.15) is 18.9 Å². The van der Waals surface area contributed by atoms with E-state index in [-0.39, 0.29) is 6.42 Å². The maximum Gasteiger partial charge on any atom is 0.416 e. The lowest BCUT2D eigenvalue weighted by Crippen LogP contribution is -2.32. The van der Waals surface area contributed by atoms with Crippen molar-refractivity contribution < 1.29 is 21.6 Å². The van der Waals surface area contributed by atoms with Gasteiger partial charge in [-0.15, -0.1) is 12.3 Å². The van der Waals surface area contributed by atoms with Gasteiger partial charge in [0.05, 0.1) is 10.5 Å². The Kier molecular flexibility index (Phi) is 4.61. The van der Waals surface area contributed by atoms with Crippen LogP contribution in [0.4, 0.5) is 13.2 Å². The van der Waals surface area contributed by atoms with Crippen molar-refractivity contribution in [1.82, 2.24) is 4.72 Å². The molecule has 0 unspecified atom stereocenters. The smallest absolute Gasteiger partial charge is 0.207 e. The summed E-state index contributed by atoms with van der Waals surface area (Å²) in [5.74, 6) is 2.27. The van der Waals surface area contributed by atoms with Crippen LogP contribution in [0.15, 0.2) is 29.2 Å². The van der Waals surface area contributed by atoms with Crippen LogP contribution in [0.5, 0.6) is 0 Å². The molecular formula is C12H12F3NO2S. The maximum absolute atomic E-state index is 12.5. The van der Waals surface area contributed by atoms with Crippen molar-refractivity contribution in [2.24, 2.45) is 0 Å². The molecule has 1 aromatic rings. The summed E-state index contributed by atoms with van der Waals surface area (Å²) in [4.78, 5) is -0.439. The monoisotopic (exact) mass is 291 g/mol. The number of hydrogen-bond donors (Lipinski definition) is 1. The van der Waals surface area contributed by atoms with E-state index in [9.17, 15) is 21.6 Å². The van der Waals surface area contributed by atoms with Crippen LogP contribution >= 0.6 is 0 Å². The minimum atomic E-state index is -4.59. The van der Waals surface area contributed by atoms with Crippen LogP contribution in [0, 0.1) is 12.3 Å². The number of nitrogens with one attached hydrogen (secondary N) is 1. The SMILES string of the molecule is C#CC[C@H](C)NS(=O)(=O)c1cccc(C(F)(F)F)c1. The predicted octanol–water partition coefficient (Wildman–Crippen LogP) is 2.40. The summed E-state index contributed by atoms with van der Waals surface area (Å²) >= 11 is 0. The van der Waals surface area contributed by atoms with Crippen molar-refractivity contribution in [2.75, 3.05) is 0 Å². The summed E-state index contributed by atoms with van der Waals surface area (Å²) in [6.07, 6.45) is 0.598. The molecule has 19 heavy (non-hydrogen) atoms. The summed E-state index contributed by atoms with van der Waals surface area (Å²) < 4.78 is 63.4. The Morgan fingerprint density at radius 1 is 1.42 bits per heavy atom. The number of rotatable bonds is 4. The number of hydrogen-bond acceptors (Lipinski definition) is 2. The van der Waals surface area contributed by atoms with Crippen molar-refractivity contribution >= 4 is 10.0 Å². The molecule has 0 bridgehead atoms. The molecule has 0 fully saturated rings. The van der Waals surface area contributed by atoms with Gasteiger partial charge in [-0.25, -0.2) is 13.1 Å². The Hall–Kier alpha value is -1.52. The molecule has 1 aromatic carbocycles. The van der Waals surface area contributed by atoms with Crippen molar-refractivity contribution in [3.05, 3.63) is 29.8 Å². The molecule has 0 aliphatic heterocycles. The van der Waals surface area contributed by atoms with Gasteiger partial charge in [0, 0.05) is 12.5 Å². The van der Waals surface area contributed by atoms with Crippen LogP contribution in [0.3, 0.4) is 0 Å². The van der Waals surface area contributed by atoms with E-state index in [0.717, 1.165) is 18.2 Å². The number of terminal acetylenes is 1. The minimum Gasteiger partial charge on any atom is -0.207 e. The number of halogens is 3. The zero-order chi connectivity index (χ0) is 14.7. The lowest BCUT2D eigenvalue weighted by atomic mass is 10.2. The van der Waals surface area contributed by atoms with E-state index in [1.807, 2.05) is 0 Å². The Labute approximate surface area is 109 Å². The molecule has 0 amide bonds. The van der Waals surface area contributed by atoms with Gasteiger partial charge in [0.2, 0.25) is 10.0 Å². The standard InChI is InChI=1S/C12H12F3NO2S/c1-3-5-9(2)16-19(17,18)11-7-4-6-10(8-11)12(13,14)15/h1,4,6-9,16H,5H2,2H3/t9-/m0/s1. The second kappa shape index (κ2) is 5.63. The molecule has 0 spiro atoms. The Morgan fingerprint density at radius 3 is 2.58 bits per heavy atom. The molecule has 1 atom stereocenters. The fourth-order valence-corrected chi connectivity index (χ4v) is 2.68. The van der Waals surface area contributed by atoms with Gasteiger partial charge in [0.15, 0.2) is 0 Å². The first kappa shape index (κ1) is 15.5. The first-order valence-electron chi connectivity index (χ1n) is 5.30. The van der Waals surface area contributed by atoms with Crippen molar-refractivity contribution in [1.29, 1.82) is 0 Å². The normalized spacial score (nSPS) is 13.8. The van der Waals surface area contributed by atoms with Crippen molar-refractivity contribution in [3.8, 4) is 12.3 Å². The molecule has 1 rings (SSSR count). The van der Waals surface area contributed by atoms with Gasteiger partial charge in [0.25, 0.3) is 0 Å². The molecule has 0 radical (unpaired) electrons. The molecule has 7 heteroatoms. The second-order valence-electron chi connectivity index (χ2n) is 3.96. The highest BCUT2D eigenvalue weighted by molar-refractivity contribution is 7.89. The van der Waals surface area contributed by atoms with Gasteiger partial charge in [-0.3, -0.25) is 0 Å². The van der Waals surface area contributed by atoms with Crippen LogP contribution in [-0.4, -0.2) is 14.5 Å². The molecule has 3 nitrogen and oxygen atoms in total. The highest BCUT2D eigenvalue weighted by Gasteiger charge is 2.31. The van der Waals surface area contributed by atoms with E-state index in [4.69, 9.17) is 6.42 Å². The lowest BCUT2D eigenvalue weighted by molar-refractivity contribution is -0.137. The van der Waals surface area contributed by atoms with E-state index >= 15 is 0 Å². The molecule has 104 valence electrons. The van der Waals surface area contributed by atoms with E-state index < -0.39 is 32.7 Å². The van der Waals surface area contributed by atoms with Crippen LogP contribution in [0.2, 0.25) is 0 Å². The molecule has 0 heterocycles. The molecule has 0 aliphatic carbocycles. The largest absolute Gasteiger partial charge is 0.416 e. The van der Waals surface area contributed by atoms with Gasteiger partial charge in [-0.2, -0.15) is 13.2 Å². The van der Waals surface area contributed by atoms with E-state index in [0.29, 0.717) is 6.07 Å². The average Bonchev–Trinajstić information content (AvgIpc) is 2.27. The first-order valence-corrected chi connectivity index (χ1v) is 6.78. The number of sulfonamides is 1. The fourth-order valence-electron chi connectivity index (χ4n) is 1.39. The number of benzene rings is 1. The molecule has 0 aromatic heterocycles. The topological polar surface area (TPSA) is 46.2 Å². The summed E-state index contributed by atoms with van der Waals surface area (Å²) in [5.41, 5.74) is -1.01. The summed E-state index contributed by atoms with van der Waals surface area (Å²) in [6.45, 7) is 1.53. The third-order valence-corrected chi connectivity index (χ3v) is 3.84. The third-order valence-electron chi connectivity index (χ3n) is 2.25. The Morgan fingerprint density at radius 2 is 2.05 bits per heavy atom. The third kappa shape index (κ3) is 4.26. The predicted molar refractivity (Wildman–Crippen MR) is 64.7 cm³/mol. The van der Waals surface area contributed by atoms with Gasteiger partial charge < -0.3 is 0 Å². The zero-order valence-electron chi connectivity index (χ0n) is 10.0. The van der Waals surface area contributed by atoms with Crippen molar-refractivity contribution in [3.63, 3.8) is 0 Å². The molecule has 0 aliphatic rings. The maximum atomic E-state index is 12.5. The van der Waals surface area contributed by atoms with E-state index in [1.165, 1.54) is 6.92 Å². The molecule has 1 N–H and O–H groups in total. The van der Waals surface area contributed by atoms with Crippen LogP contribution < -0.4 is 4.72 Å².